The molecule has 27 heavy (non-hydrogen) atoms. The number of rotatable bonds is 6. The van der Waals surface area contributed by atoms with Crippen molar-refractivity contribution >= 4 is 27.8 Å². The van der Waals surface area contributed by atoms with Crippen LogP contribution in [-0.2, 0) is 6.61 Å². The van der Waals surface area contributed by atoms with Crippen LogP contribution >= 0.6 is 15.9 Å². The molecular weight excluding hydrogens is 409 g/mol. The summed E-state index contributed by atoms with van der Waals surface area (Å²) in [6, 6.07) is 18.2. The number of nitrogens with zero attached hydrogens (tertiary/aromatic N) is 1. The topological polar surface area (TPSA) is 30.8 Å². The van der Waals surface area contributed by atoms with Gasteiger partial charge in [0, 0.05) is 11.8 Å². The van der Waals surface area contributed by atoms with Crippen molar-refractivity contribution in [3.8, 4) is 11.5 Å². The third kappa shape index (κ3) is 4.95. The molecule has 0 saturated carbocycles. The zero-order valence-corrected chi connectivity index (χ0v) is 16.7. The van der Waals surface area contributed by atoms with Gasteiger partial charge in [-0.1, -0.05) is 35.9 Å². The van der Waals surface area contributed by atoms with Crippen LogP contribution in [0.2, 0.25) is 0 Å². The number of aryl methyl sites for hydroxylation is 1. The maximum atomic E-state index is 13.8. The second-order valence-corrected chi connectivity index (χ2v) is 6.86. The Bertz CT molecular complexity index is 955. The smallest absolute Gasteiger partial charge is 0.175 e. The molecule has 0 fully saturated rings. The van der Waals surface area contributed by atoms with Gasteiger partial charge < -0.3 is 9.47 Å². The van der Waals surface area contributed by atoms with Crippen LogP contribution in [0.3, 0.4) is 0 Å². The molecule has 138 valence electrons. The first-order valence-corrected chi connectivity index (χ1v) is 9.20. The average Bonchev–Trinajstić information content (AvgIpc) is 2.67. The third-order valence-corrected chi connectivity index (χ3v) is 4.57. The number of halogens is 2. The second kappa shape index (κ2) is 8.82. The van der Waals surface area contributed by atoms with E-state index >= 15 is 0 Å². The first-order chi connectivity index (χ1) is 13.1. The SMILES string of the molecule is COc1cc(C=Nc2ccc(C)cc2)cc(Br)c1OCc1ccccc1F. The van der Waals surface area contributed by atoms with Crippen LogP contribution in [-0.4, -0.2) is 13.3 Å². The molecule has 0 radical (unpaired) electrons. The number of benzene rings is 3. The molecule has 0 aliphatic carbocycles. The van der Waals surface area contributed by atoms with Crippen molar-refractivity contribution in [2.24, 2.45) is 4.99 Å². The van der Waals surface area contributed by atoms with Crippen LogP contribution in [0.1, 0.15) is 16.7 Å². The second-order valence-electron chi connectivity index (χ2n) is 6.01. The number of hydrogen-bond acceptors (Lipinski definition) is 3. The Morgan fingerprint density at radius 3 is 2.52 bits per heavy atom. The molecule has 0 aromatic heterocycles. The van der Waals surface area contributed by atoms with Crippen molar-refractivity contribution in [3.05, 3.63) is 87.6 Å². The summed E-state index contributed by atoms with van der Waals surface area (Å²) < 4.78 is 25.7. The molecule has 0 saturated heterocycles. The molecule has 0 N–H and O–H groups in total. The van der Waals surface area contributed by atoms with E-state index in [9.17, 15) is 4.39 Å². The van der Waals surface area contributed by atoms with E-state index in [2.05, 4.69) is 20.9 Å². The van der Waals surface area contributed by atoms with Gasteiger partial charge in [-0.15, -0.1) is 0 Å². The van der Waals surface area contributed by atoms with Crippen LogP contribution in [0, 0.1) is 12.7 Å². The summed E-state index contributed by atoms with van der Waals surface area (Å²) in [5, 5.41) is 0. The van der Waals surface area contributed by atoms with Crippen LogP contribution in [0.4, 0.5) is 10.1 Å². The number of aliphatic imine (C=N–C) groups is 1. The van der Waals surface area contributed by atoms with Crippen molar-refractivity contribution in [2.75, 3.05) is 7.11 Å². The van der Waals surface area contributed by atoms with E-state index < -0.39 is 0 Å². The fourth-order valence-electron chi connectivity index (χ4n) is 2.50. The molecular formula is C22H19BrFNO2. The maximum absolute atomic E-state index is 13.8. The lowest BCUT2D eigenvalue weighted by Gasteiger charge is -2.14. The molecule has 0 bridgehead atoms. The van der Waals surface area contributed by atoms with Crippen LogP contribution in [0.5, 0.6) is 11.5 Å². The molecule has 0 unspecified atom stereocenters. The summed E-state index contributed by atoms with van der Waals surface area (Å²) in [5.41, 5.74) is 3.40. The molecule has 5 heteroatoms. The molecule has 0 aliphatic rings. The van der Waals surface area contributed by atoms with E-state index in [1.165, 1.54) is 11.6 Å². The lowest BCUT2D eigenvalue weighted by molar-refractivity contribution is 0.278. The maximum Gasteiger partial charge on any atom is 0.175 e. The molecule has 0 spiro atoms. The minimum atomic E-state index is -0.297. The van der Waals surface area contributed by atoms with Gasteiger partial charge in [-0.25, -0.2) is 4.39 Å². The Kier molecular flexibility index (Phi) is 6.24. The van der Waals surface area contributed by atoms with Gasteiger partial charge in [0.2, 0.25) is 0 Å². The van der Waals surface area contributed by atoms with Gasteiger partial charge in [0.1, 0.15) is 12.4 Å². The van der Waals surface area contributed by atoms with Crippen molar-refractivity contribution < 1.29 is 13.9 Å². The minimum Gasteiger partial charge on any atom is -0.493 e. The van der Waals surface area contributed by atoms with E-state index in [-0.39, 0.29) is 12.4 Å². The number of ether oxygens (including phenoxy) is 2. The van der Waals surface area contributed by atoms with Gasteiger partial charge >= 0.3 is 0 Å². The van der Waals surface area contributed by atoms with Gasteiger partial charge in [-0.2, -0.15) is 0 Å². The van der Waals surface area contributed by atoms with Crippen LogP contribution in [0.15, 0.2) is 70.1 Å². The zero-order valence-electron chi connectivity index (χ0n) is 15.1. The van der Waals surface area contributed by atoms with Crippen LogP contribution in [0.25, 0.3) is 0 Å². The lowest BCUT2D eigenvalue weighted by atomic mass is 10.2. The molecule has 0 amide bonds. The fraction of sp³-hybridized carbons (Fsp3) is 0.136. The largest absolute Gasteiger partial charge is 0.493 e. The Morgan fingerprint density at radius 1 is 1.07 bits per heavy atom. The van der Waals surface area contributed by atoms with Gasteiger partial charge in [-0.05, 0) is 58.7 Å². The van der Waals surface area contributed by atoms with Crippen LogP contribution < -0.4 is 9.47 Å². The molecule has 3 aromatic rings. The van der Waals surface area contributed by atoms with Crippen molar-refractivity contribution in [2.45, 2.75) is 13.5 Å². The fourth-order valence-corrected chi connectivity index (χ4v) is 3.07. The molecule has 0 atom stereocenters. The Labute approximate surface area is 166 Å². The molecule has 3 nitrogen and oxygen atoms in total. The Hall–Kier alpha value is -2.66. The first kappa shape index (κ1) is 19.1. The van der Waals surface area contributed by atoms with E-state index in [4.69, 9.17) is 9.47 Å². The highest BCUT2D eigenvalue weighted by molar-refractivity contribution is 9.10. The molecule has 0 heterocycles. The van der Waals surface area contributed by atoms with E-state index in [0.717, 1.165) is 11.3 Å². The average molecular weight is 428 g/mol. The lowest BCUT2D eigenvalue weighted by Crippen LogP contribution is -2.01. The van der Waals surface area contributed by atoms with Crippen molar-refractivity contribution in [1.82, 2.24) is 0 Å². The predicted molar refractivity (Wildman–Crippen MR) is 110 cm³/mol. The summed E-state index contributed by atoms with van der Waals surface area (Å²) >= 11 is 3.51. The highest BCUT2D eigenvalue weighted by Crippen LogP contribution is 2.37. The standard InChI is InChI=1S/C22H19BrFNO2/c1-15-7-9-18(10-8-15)25-13-16-11-19(23)22(21(12-16)26-2)27-14-17-5-3-4-6-20(17)24/h3-13H,14H2,1-2H3. The van der Waals surface area contributed by atoms with Gasteiger partial charge in [0.15, 0.2) is 11.5 Å². The predicted octanol–water partition coefficient (Wildman–Crippen LogP) is 6.23. The Morgan fingerprint density at radius 2 is 1.81 bits per heavy atom. The van der Waals surface area contributed by atoms with Crippen molar-refractivity contribution in [3.63, 3.8) is 0 Å². The first-order valence-electron chi connectivity index (χ1n) is 8.41. The Balaban J connectivity index is 1.80. The summed E-state index contributed by atoms with van der Waals surface area (Å²) in [7, 11) is 1.57. The quantitative estimate of drug-likeness (QED) is 0.436. The van der Waals surface area contributed by atoms with E-state index in [1.807, 2.05) is 43.3 Å². The van der Waals surface area contributed by atoms with Gasteiger partial charge in [-0.3, -0.25) is 4.99 Å². The van der Waals surface area contributed by atoms with Gasteiger partial charge in [0.25, 0.3) is 0 Å². The van der Waals surface area contributed by atoms with Gasteiger partial charge in [0.05, 0.1) is 17.3 Å². The number of hydrogen-bond donors (Lipinski definition) is 0. The third-order valence-electron chi connectivity index (χ3n) is 3.98. The van der Waals surface area contributed by atoms with E-state index in [0.29, 0.717) is 21.5 Å². The highest BCUT2D eigenvalue weighted by Gasteiger charge is 2.12. The summed E-state index contributed by atoms with van der Waals surface area (Å²) in [6.07, 6.45) is 1.76. The monoisotopic (exact) mass is 427 g/mol. The van der Waals surface area contributed by atoms with E-state index in [1.54, 1.807) is 31.5 Å². The number of methoxy groups -OCH3 is 1. The minimum absolute atomic E-state index is 0.110. The molecule has 0 aliphatic heterocycles. The molecule has 3 aromatic carbocycles. The zero-order chi connectivity index (χ0) is 19.2. The normalized spacial score (nSPS) is 11.0. The molecule has 3 rings (SSSR count). The van der Waals surface area contributed by atoms with Crippen molar-refractivity contribution in [1.29, 1.82) is 0 Å². The summed E-state index contributed by atoms with van der Waals surface area (Å²) in [5.74, 6) is 0.772. The summed E-state index contributed by atoms with van der Waals surface area (Å²) in [6.45, 7) is 2.15. The summed E-state index contributed by atoms with van der Waals surface area (Å²) in [4.78, 5) is 4.48. The highest BCUT2D eigenvalue weighted by atomic mass is 79.9.